The topological polar surface area (TPSA) is 146 Å². The second kappa shape index (κ2) is 14.5. The lowest BCUT2D eigenvalue weighted by atomic mass is 10.1. The van der Waals surface area contributed by atoms with Gasteiger partial charge in [-0.1, -0.05) is 59.7 Å². The number of aryl methyl sites for hydroxylation is 4. The minimum Gasteiger partial charge on any atom is -0.466 e. The normalized spacial score (nSPS) is 13.2. The number of hydrogen-bond donors (Lipinski definition) is 2. The van der Waals surface area contributed by atoms with Gasteiger partial charge >= 0.3 is 12.4 Å². The summed E-state index contributed by atoms with van der Waals surface area (Å²) in [7, 11) is 0. The summed E-state index contributed by atoms with van der Waals surface area (Å²) in [5.74, 6) is -0.0978. The van der Waals surface area contributed by atoms with Crippen LogP contribution in [0.2, 0.25) is 0 Å². The molecule has 0 amide bonds. The number of nitrogens with one attached hydrogen (secondary N) is 2. The minimum absolute atomic E-state index is 0.0983. The summed E-state index contributed by atoms with van der Waals surface area (Å²) < 4.78 is 87.4. The van der Waals surface area contributed by atoms with Gasteiger partial charge in [0.15, 0.2) is 24.5 Å². The molecule has 2 atom stereocenters. The number of hydrogen-bond acceptors (Lipinski definition) is 8. The molecule has 0 aliphatic carbocycles. The molecular weight excluding hydrogens is 698 g/mol. The third-order valence-corrected chi connectivity index (χ3v) is 7.89. The molecule has 0 fully saturated rings. The lowest BCUT2D eigenvalue weighted by Gasteiger charge is -2.13. The molecule has 0 aliphatic heterocycles. The van der Waals surface area contributed by atoms with Gasteiger partial charge in [0.1, 0.15) is 22.4 Å². The van der Waals surface area contributed by atoms with E-state index in [1.807, 2.05) is 76.2 Å². The monoisotopic (exact) mass is 732 g/mol. The molecule has 0 saturated heterocycles. The van der Waals surface area contributed by atoms with Gasteiger partial charge in [0.25, 0.3) is 11.1 Å². The molecule has 12 nitrogen and oxygen atoms in total. The molecule has 18 heteroatoms. The molecule has 2 N–H and O–H groups in total. The average Bonchev–Trinajstić information content (AvgIpc) is 3.61. The van der Waals surface area contributed by atoms with Crippen LogP contribution in [0.4, 0.5) is 26.3 Å². The Kier molecular flexibility index (Phi) is 10.5. The molecule has 0 unspecified atom stereocenters. The summed E-state index contributed by atoms with van der Waals surface area (Å²) in [5, 5.41) is 8.01. The Morgan fingerprint density at radius 2 is 0.942 bits per heavy atom. The van der Waals surface area contributed by atoms with Crippen molar-refractivity contribution in [3.05, 3.63) is 103 Å². The Morgan fingerprint density at radius 1 is 0.615 bits per heavy atom. The van der Waals surface area contributed by atoms with Crippen LogP contribution in [0.25, 0.3) is 22.1 Å². The van der Waals surface area contributed by atoms with Gasteiger partial charge in [-0.3, -0.25) is 9.59 Å². The number of rotatable bonds is 8. The number of fused-ring (bicyclic) bond motifs is 2. The second-order valence-electron chi connectivity index (χ2n) is 12.2. The van der Waals surface area contributed by atoms with Crippen LogP contribution < -0.4 is 20.6 Å². The Bertz CT molecular complexity index is 2140. The molecule has 0 saturated carbocycles. The van der Waals surface area contributed by atoms with Crippen molar-refractivity contribution in [2.75, 3.05) is 13.2 Å². The van der Waals surface area contributed by atoms with Crippen LogP contribution in [0, 0.1) is 27.7 Å². The highest BCUT2D eigenvalue weighted by molar-refractivity contribution is 5.81. The molecule has 6 rings (SSSR count). The summed E-state index contributed by atoms with van der Waals surface area (Å²) in [5.41, 5.74) is 3.08. The van der Waals surface area contributed by atoms with Crippen molar-refractivity contribution in [3.8, 4) is 11.8 Å². The number of benzene rings is 2. The Hall–Kier alpha value is -5.68. The fraction of sp³-hybridized carbons (Fsp3) is 0.353. The van der Waals surface area contributed by atoms with Crippen molar-refractivity contribution >= 4 is 22.1 Å². The molecule has 276 valence electrons. The molecule has 6 aromatic rings. The summed E-state index contributed by atoms with van der Waals surface area (Å²) in [6.07, 6.45) is -9.08. The summed E-state index contributed by atoms with van der Waals surface area (Å²) in [4.78, 5) is 37.9. The zero-order chi connectivity index (χ0) is 38.1. The fourth-order valence-corrected chi connectivity index (χ4v) is 5.26. The minimum atomic E-state index is -4.54. The zero-order valence-corrected chi connectivity index (χ0v) is 28.8. The van der Waals surface area contributed by atoms with Crippen molar-refractivity contribution in [1.82, 2.24) is 39.5 Å². The van der Waals surface area contributed by atoms with Gasteiger partial charge in [-0.15, -0.1) is 10.2 Å². The van der Waals surface area contributed by atoms with Crippen LogP contribution >= 0.6 is 0 Å². The molecule has 4 aromatic heterocycles. The highest BCUT2D eigenvalue weighted by Crippen LogP contribution is 2.30. The fourth-order valence-electron chi connectivity index (χ4n) is 5.26. The van der Waals surface area contributed by atoms with Gasteiger partial charge in [0, 0.05) is 0 Å². The van der Waals surface area contributed by atoms with Crippen LogP contribution in [-0.2, 0) is 0 Å². The van der Waals surface area contributed by atoms with Crippen LogP contribution in [0.1, 0.15) is 59.8 Å². The van der Waals surface area contributed by atoms with Crippen LogP contribution in [-0.4, -0.2) is 65.1 Å². The van der Waals surface area contributed by atoms with E-state index in [2.05, 4.69) is 30.1 Å². The summed E-state index contributed by atoms with van der Waals surface area (Å²) in [6, 6.07) is 14.5. The quantitative estimate of drug-likeness (QED) is 0.167. The van der Waals surface area contributed by atoms with Crippen molar-refractivity contribution < 1.29 is 35.8 Å². The number of alkyl halides is 6. The maximum absolute atomic E-state index is 12.5. The first-order chi connectivity index (χ1) is 24.3. The molecular formula is C34H34F6N8O4. The van der Waals surface area contributed by atoms with E-state index in [0.29, 0.717) is 11.6 Å². The SMILES string of the molecule is Cc1ccc([C@@H](C)n2nc(OCC(F)(F)F)c3c(=O)[nH]c(C)nc32)cc1.Cc1ccc([C@H](C)n2nc(OCC(F)(F)F)c3c(=O)[nH]c(C)nc32)cc1. The van der Waals surface area contributed by atoms with E-state index < -0.39 is 36.7 Å². The van der Waals surface area contributed by atoms with Crippen LogP contribution in [0.15, 0.2) is 58.1 Å². The van der Waals surface area contributed by atoms with Gasteiger partial charge in [0.2, 0.25) is 11.8 Å². The maximum atomic E-state index is 12.5. The highest BCUT2D eigenvalue weighted by atomic mass is 19.4. The van der Waals surface area contributed by atoms with E-state index in [1.165, 1.54) is 9.36 Å². The highest BCUT2D eigenvalue weighted by Gasteiger charge is 2.32. The zero-order valence-electron chi connectivity index (χ0n) is 28.8. The first-order valence-corrected chi connectivity index (χ1v) is 15.8. The Morgan fingerprint density at radius 3 is 1.25 bits per heavy atom. The third kappa shape index (κ3) is 8.60. The van der Waals surface area contributed by atoms with E-state index >= 15 is 0 Å². The van der Waals surface area contributed by atoms with E-state index in [4.69, 9.17) is 9.47 Å². The van der Waals surface area contributed by atoms with Gasteiger partial charge < -0.3 is 19.4 Å². The average molecular weight is 733 g/mol. The van der Waals surface area contributed by atoms with Crippen molar-refractivity contribution in [1.29, 1.82) is 0 Å². The van der Waals surface area contributed by atoms with E-state index in [9.17, 15) is 35.9 Å². The number of ether oxygens (including phenoxy) is 2. The van der Waals surface area contributed by atoms with Crippen molar-refractivity contribution in [2.24, 2.45) is 0 Å². The molecule has 4 heterocycles. The first kappa shape index (κ1) is 37.6. The Balaban J connectivity index is 0.000000201. The predicted octanol–water partition coefficient (Wildman–Crippen LogP) is 6.57. The molecule has 0 spiro atoms. The lowest BCUT2D eigenvalue weighted by Crippen LogP contribution is -2.20. The number of aromatic nitrogens is 8. The molecule has 0 radical (unpaired) electrons. The number of nitrogens with zero attached hydrogens (tertiary/aromatic N) is 6. The van der Waals surface area contributed by atoms with Crippen LogP contribution in [0.5, 0.6) is 11.8 Å². The van der Waals surface area contributed by atoms with Gasteiger partial charge in [0.05, 0.1) is 12.1 Å². The summed E-state index contributed by atoms with van der Waals surface area (Å²) >= 11 is 0. The van der Waals surface area contributed by atoms with E-state index in [-0.39, 0.29) is 45.9 Å². The molecule has 0 bridgehead atoms. The van der Waals surface area contributed by atoms with Gasteiger partial charge in [-0.05, 0) is 52.7 Å². The maximum Gasteiger partial charge on any atom is 0.422 e. The van der Waals surface area contributed by atoms with E-state index in [1.54, 1.807) is 13.8 Å². The molecule has 0 aliphatic rings. The standard InChI is InChI=1S/2C17H17F3N4O2/c2*1-9-4-6-12(7-5-9)10(2)24-14-13(15(25)22-11(3)21-14)16(23-24)26-8-17(18,19)20/h2*4-7,10H,8H2,1-3H3,(H,21,22,25)/t2*10-/m10/s1. The summed E-state index contributed by atoms with van der Waals surface area (Å²) in [6.45, 7) is 7.65. The third-order valence-electron chi connectivity index (χ3n) is 7.89. The van der Waals surface area contributed by atoms with Crippen molar-refractivity contribution in [2.45, 2.75) is 66.0 Å². The number of aromatic amines is 2. The molecule has 2 aromatic carbocycles. The largest absolute Gasteiger partial charge is 0.466 e. The Labute approximate surface area is 291 Å². The van der Waals surface area contributed by atoms with Crippen molar-refractivity contribution in [3.63, 3.8) is 0 Å². The lowest BCUT2D eigenvalue weighted by molar-refractivity contribution is -0.154. The number of H-pyrrole nitrogens is 2. The smallest absolute Gasteiger partial charge is 0.422 e. The predicted molar refractivity (Wildman–Crippen MR) is 179 cm³/mol. The van der Waals surface area contributed by atoms with Gasteiger partial charge in [-0.25, -0.2) is 19.3 Å². The second-order valence-corrected chi connectivity index (χ2v) is 12.2. The number of halogens is 6. The van der Waals surface area contributed by atoms with Crippen LogP contribution in [0.3, 0.4) is 0 Å². The van der Waals surface area contributed by atoms with Gasteiger partial charge in [-0.2, -0.15) is 26.3 Å². The molecule has 52 heavy (non-hydrogen) atoms. The van der Waals surface area contributed by atoms with E-state index in [0.717, 1.165) is 22.3 Å². The first-order valence-electron chi connectivity index (χ1n) is 15.8.